The highest BCUT2D eigenvalue weighted by Gasteiger charge is 2.34. The topological polar surface area (TPSA) is 55.6 Å². The summed E-state index contributed by atoms with van der Waals surface area (Å²) in [5.74, 6) is 0.745. The third-order valence-corrected chi connectivity index (χ3v) is 5.26. The normalized spacial score (nSPS) is 17.4. The van der Waals surface area contributed by atoms with Crippen LogP contribution in [-0.2, 0) is 0 Å². The highest BCUT2D eigenvalue weighted by molar-refractivity contribution is 9.10. The van der Waals surface area contributed by atoms with Crippen molar-refractivity contribution in [3.8, 4) is 5.75 Å². The number of hydrogen-bond acceptors (Lipinski definition) is 3. The summed E-state index contributed by atoms with van der Waals surface area (Å²) >= 11 is 8.53. The van der Waals surface area contributed by atoms with Crippen molar-refractivity contribution < 1.29 is 9.53 Å². The molecule has 21 heavy (non-hydrogen) atoms. The number of nitrogens with two attached hydrogens (primary N) is 1. The van der Waals surface area contributed by atoms with E-state index in [9.17, 15) is 4.79 Å². The van der Waals surface area contributed by atoms with Crippen LogP contribution in [0.3, 0.4) is 0 Å². The average molecular weight is 371 g/mol. The van der Waals surface area contributed by atoms with Crippen LogP contribution in [0.1, 0.15) is 30.1 Å². The lowest BCUT2D eigenvalue weighted by Crippen LogP contribution is -2.46. The average Bonchev–Trinajstić information content (AvgIpc) is 2.47. The number of hydrogen-bond donors (Lipinski definition) is 1. The summed E-state index contributed by atoms with van der Waals surface area (Å²) in [6, 6.07) is 5.37. The van der Waals surface area contributed by atoms with Gasteiger partial charge in [0.2, 0.25) is 0 Å². The van der Waals surface area contributed by atoms with Crippen molar-refractivity contribution in [2.75, 3.05) is 20.2 Å². The highest BCUT2D eigenvalue weighted by Crippen LogP contribution is 2.32. The van der Waals surface area contributed by atoms with E-state index in [1.54, 1.807) is 25.3 Å². The van der Waals surface area contributed by atoms with Crippen molar-refractivity contribution in [1.82, 2.24) is 4.90 Å². The molecule has 6 heteroatoms. The largest absolute Gasteiger partial charge is 0.496 e. The van der Waals surface area contributed by atoms with Gasteiger partial charge in [-0.05, 0) is 47.0 Å². The second-order valence-electron chi connectivity index (χ2n) is 5.57. The van der Waals surface area contributed by atoms with Gasteiger partial charge >= 0.3 is 0 Å². The fourth-order valence-corrected chi connectivity index (χ4v) is 3.18. The van der Waals surface area contributed by atoms with Crippen LogP contribution in [0.15, 0.2) is 22.7 Å². The van der Waals surface area contributed by atoms with E-state index in [1.165, 1.54) is 0 Å². The maximum atomic E-state index is 12.5. The number of rotatable bonds is 3. The van der Waals surface area contributed by atoms with Gasteiger partial charge in [-0.15, -0.1) is 0 Å². The van der Waals surface area contributed by atoms with Gasteiger partial charge in [-0.2, -0.15) is 0 Å². The summed E-state index contributed by atoms with van der Waals surface area (Å²) in [6.45, 7) is 3.42. The maximum absolute atomic E-state index is 12.5. The minimum atomic E-state index is -0.132. The van der Waals surface area contributed by atoms with E-state index < -0.39 is 0 Å². The summed E-state index contributed by atoms with van der Waals surface area (Å²) < 4.78 is 5.96. The zero-order valence-electron chi connectivity index (χ0n) is 12.2. The van der Waals surface area contributed by atoms with Gasteiger partial charge < -0.3 is 15.4 Å². The number of methoxy groups -OCH3 is 1. The number of amides is 1. The fraction of sp³-hybridized carbons (Fsp3) is 0.467. The molecule has 1 heterocycles. The van der Waals surface area contributed by atoms with Gasteiger partial charge in [-0.25, -0.2) is 0 Å². The zero-order chi connectivity index (χ0) is 15.6. The van der Waals surface area contributed by atoms with Gasteiger partial charge in [-0.1, -0.05) is 19.1 Å². The molecule has 2 N–H and O–H groups in total. The number of carbonyl (C=O) groups is 1. The van der Waals surface area contributed by atoms with Gasteiger partial charge in [0, 0.05) is 24.1 Å². The predicted molar refractivity (Wildman–Crippen MR) is 90.7 cm³/mol. The van der Waals surface area contributed by atoms with E-state index in [-0.39, 0.29) is 11.3 Å². The molecule has 1 aromatic carbocycles. The Morgan fingerprint density at radius 3 is 2.52 bits per heavy atom. The molecule has 0 bridgehead atoms. The minimum absolute atomic E-state index is 0.0309. The summed E-state index contributed by atoms with van der Waals surface area (Å²) in [7, 11) is 1.60. The Labute approximate surface area is 138 Å². The molecular weight excluding hydrogens is 352 g/mol. The van der Waals surface area contributed by atoms with Crippen LogP contribution >= 0.6 is 28.1 Å². The van der Waals surface area contributed by atoms with Crippen LogP contribution < -0.4 is 10.5 Å². The van der Waals surface area contributed by atoms with Gasteiger partial charge in [0.05, 0.1) is 16.6 Å². The summed E-state index contributed by atoms with van der Waals surface area (Å²) in [5.41, 5.74) is 6.32. The van der Waals surface area contributed by atoms with Crippen LogP contribution in [0.4, 0.5) is 0 Å². The van der Waals surface area contributed by atoms with Crippen molar-refractivity contribution in [3.05, 3.63) is 28.2 Å². The summed E-state index contributed by atoms with van der Waals surface area (Å²) in [6.07, 6.45) is 1.62. The van der Waals surface area contributed by atoms with E-state index >= 15 is 0 Å². The molecule has 1 amide bonds. The van der Waals surface area contributed by atoms with Crippen LogP contribution in [0.25, 0.3) is 0 Å². The number of ether oxygens (including phenoxy) is 1. The number of nitrogens with zero attached hydrogens (tertiary/aromatic N) is 1. The van der Waals surface area contributed by atoms with Crippen molar-refractivity contribution in [1.29, 1.82) is 0 Å². The Hall–Kier alpha value is -1.14. The molecule has 114 valence electrons. The Kier molecular flexibility index (Phi) is 4.88. The predicted octanol–water partition coefficient (Wildman–Crippen LogP) is 2.99. The van der Waals surface area contributed by atoms with E-state index in [2.05, 4.69) is 22.9 Å². The molecule has 0 spiro atoms. The van der Waals surface area contributed by atoms with Crippen molar-refractivity contribution in [2.24, 2.45) is 11.1 Å². The standard InChI is InChI=1S/C15H19BrN2O2S/c1-15(14(17)21)5-7-18(8-6-15)13(19)10-3-4-12(20-2)11(16)9-10/h3-4,9H,5-8H2,1-2H3,(H2,17,21). The monoisotopic (exact) mass is 370 g/mol. The molecule has 1 fully saturated rings. The molecule has 0 radical (unpaired) electrons. The number of carbonyl (C=O) groups excluding carboxylic acids is 1. The molecule has 0 aliphatic carbocycles. The van der Waals surface area contributed by atoms with E-state index in [4.69, 9.17) is 22.7 Å². The molecule has 1 aliphatic rings. The second-order valence-corrected chi connectivity index (χ2v) is 6.86. The first-order chi connectivity index (χ1) is 9.87. The van der Waals surface area contributed by atoms with Crippen molar-refractivity contribution in [3.63, 3.8) is 0 Å². The van der Waals surface area contributed by atoms with Gasteiger partial charge in [-0.3, -0.25) is 4.79 Å². The molecule has 1 aromatic rings. The molecule has 2 rings (SSSR count). The Balaban J connectivity index is 2.09. The molecule has 1 saturated heterocycles. The summed E-state index contributed by atoms with van der Waals surface area (Å²) in [4.78, 5) is 14.9. The fourth-order valence-electron chi connectivity index (χ4n) is 2.43. The smallest absolute Gasteiger partial charge is 0.253 e. The Morgan fingerprint density at radius 1 is 1.43 bits per heavy atom. The lowest BCUT2D eigenvalue weighted by atomic mass is 9.80. The number of halogens is 1. The van der Waals surface area contributed by atoms with Gasteiger partial charge in [0.25, 0.3) is 5.91 Å². The zero-order valence-corrected chi connectivity index (χ0v) is 14.6. The van der Waals surface area contributed by atoms with Crippen LogP contribution in [0, 0.1) is 5.41 Å². The molecule has 0 unspecified atom stereocenters. The number of likely N-dealkylation sites (tertiary alicyclic amines) is 1. The number of benzene rings is 1. The first-order valence-corrected chi connectivity index (χ1v) is 8.00. The van der Waals surface area contributed by atoms with E-state index in [0.29, 0.717) is 29.4 Å². The molecule has 0 saturated carbocycles. The SMILES string of the molecule is COc1ccc(C(=O)N2CCC(C)(C(N)=S)CC2)cc1Br. The third-order valence-electron chi connectivity index (χ3n) is 4.15. The Morgan fingerprint density at radius 2 is 2.05 bits per heavy atom. The lowest BCUT2D eigenvalue weighted by Gasteiger charge is -2.38. The Bertz CT molecular complexity index is 569. The first kappa shape index (κ1) is 16.2. The van der Waals surface area contributed by atoms with Crippen molar-refractivity contribution >= 4 is 39.0 Å². The quantitative estimate of drug-likeness (QED) is 0.830. The van der Waals surface area contributed by atoms with Crippen LogP contribution in [0.2, 0.25) is 0 Å². The van der Waals surface area contributed by atoms with Gasteiger partial charge in [0.15, 0.2) is 0 Å². The first-order valence-electron chi connectivity index (χ1n) is 6.80. The van der Waals surface area contributed by atoms with E-state index in [1.807, 2.05) is 4.90 Å². The maximum Gasteiger partial charge on any atom is 0.253 e. The number of piperidine rings is 1. The minimum Gasteiger partial charge on any atom is -0.496 e. The summed E-state index contributed by atoms with van der Waals surface area (Å²) in [5, 5.41) is 0. The third kappa shape index (κ3) is 3.37. The molecule has 1 aliphatic heterocycles. The molecule has 0 aromatic heterocycles. The van der Waals surface area contributed by atoms with Crippen LogP contribution in [-0.4, -0.2) is 36.0 Å². The second kappa shape index (κ2) is 6.32. The van der Waals surface area contributed by atoms with Crippen molar-refractivity contribution in [2.45, 2.75) is 19.8 Å². The molecule has 4 nitrogen and oxygen atoms in total. The molecular formula is C15H19BrN2O2S. The highest BCUT2D eigenvalue weighted by atomic mass is 79.9. The lowest BCUT2D eigenvalue weighted by molar-refractivity contribution is 0.0670. The molecule has 0 atom stereocenters. The van der Waals surface area contributed by atoms with E-state index in [0.717, 1.165) is 17.3 Å². The van der Waals surface area contributed by atoms with Gasteiger partial charge in [0.1, 0.15) is 5.75 Å². The van der Waals surface area contributed by atoms with Crippen LogP contribution in [0.5, 0.6) is 5.75 Å². The number of thiocarbonyl (C=S) groups is 1.